The van der Waals surface area contributed by atoms with E-state index < -0.39 is 0 Å². The number of rotatable bonds is 4. The lowest BCUT2D eigenvalue weighted by Crippen LogP contribution is -2.42. The molecular formula is C10H22N4O. The maximum Gasteiger partial charge on any atom is 0.205 e. The minimum atomic E-state index is 0.269. The van der Waals surface area contributed by atoms with Crippen molar-refractivity contribution in [2.24, 2.45) is 10.8 Å². The van der Waals surface area contributed by atoms with E-state index in [9.17, 15) is 0 Å². The topological polar surface area (TPSA) is 71.7 Å². The molecule has 0 spiro atoms. The molecule has 0 bridgehead atoms. The molecule has 0 aromatic carbocycles. The van der Waals surface area contributed by atoms with Gasteiger partial charge in [-0.15, -0.1) is 0 Å². The maximum atomic E-state index is 5.57. The minimum absolute atomic E-state index is 0.269. The summed E-state index contributed by atoms with van der Waals surface area (Å²) in [6.07, 6.45) is 4.85. The van der Waals surface area contributed by atoms with Crippen LogP contribution in [0.25, 0.3) is 0 Å². The van der Waals surface area contributed by atoms with E-state index in [1.807, 2.05) is 0 Å². The van der Waals surface area contributed by atoms with Gasteiger partial charge < -0.3 is 10.1 Å². The van der Waals surface area contributed by atoms with E-state index in [0.29, 0.717) is 12.5 Å². The summed E-state index contributed by atoms with van der Waals surface area (Å²) >= 11 is 0. The summed E-state index contributed by atoms with van der Waals surface area (Å²) in [4.78, 5) is 4.35. The minimum Gasteiger partial charge on any atom is -0.376 e. The van der Waals surface area contributed by atoms with Gasteiger partial charge in [0.25, 0.3) is 0 Å². The van der Waals surface area contributed by atoms with E-state index in [2.05, 4.69) is 22.7 Å². The van der Waals surface area contributed by atoms with E-state index in [1.54, 1.807) is 0 Å². The second kappa shape index (κ2) is 7.48. The van der Waals surface area contributed by atoms with E-state index in [1.165, 1.54) is 12.8 Å². The van der Waals surface area contributed by atoms with Gasteiger partial charge in [0.1, 0.15) is 0 Å². The van der Waals surface area contributed by atoms with Gasteiger partial charge in [0.2, 0.25) is 5.96 Å². The fourth-order valence-electron chi connectivity index (χ4n) is 1.54. The van der Waals surface area contributed by atoms with E-state index in [-0.39, 0.29) is 6.10 Å². The number of nitrogens with one attached hydrogen (secondary N) is 2. The number of hydrogen-bond donors (Lipinski definition) is 3. The molecule has 1 saturated heterocycles. The first-order valence-corrected chi connectivity index (χ1v) is 5.73. The molecule has 88 valence electrons. The largest absolute Gasteiger partial charge is 0.376 e. The molecule has 0 radical (unpaired) electrons. The van der Waals surface area contributed by atoms with Crippen molar-refractivity contribution in [1.82, 2.24) is 10.7 Å². The molecule has 5 nitrogen and oxygen atoms in total. The van der Waals surface area contributed by atoms with E-state index >= 15 is 0 Å². The third-order valence-electron chi connectivity index (χ3n) is 2.41. The fraction of sp³-hybridized carbons (Fsp3) is 0.900. The zero-order chi connectivity index (χ0) is 10.9. The molecule has 1 atom stereocenters. The lowest BCUT2D eigenvalue weighted by atomic mass is 10.1. The fourth-order valence-corrected chi connectivity index (χ4v) is 1.54. The molecule has 1 heterocycles. The van der Waals surface area contributed by atoms with Crippen molar-refractivity contribution in [3.63, 3.8) is 0 Å². The highest BCUT2D eigenvalue weighted by Gasteiger charge is 2.12. The van der Waals surface area contributed by atoms with E-state index in [0.717, 1.165) is 26.0 Å². The van der Waals surface area contributed by atoms with Crippen molar-refractivity contribution >= 4 is 5.96 Å². The van der Waals surface area contributed by atoms with Crippen LogP contribution in [-0.4, -0.2) is 31.8 Å². The summed E-state index contributed by atoms with van der Waals surface area (Å²) in [5.74, 6) is 6.00. The summed E-state index contributed by atoms with van der Waals surface area (Å²) in [5.41, 5.74) is 2.56. The number of nitrogens with two attached hydrogens (primary N) is 1. The quantitative estimate of drug-likeness (QED) is 0.274. The van der Waals surface area contributed by atoms with Gasteiger partial charge in [-0.05, 0) is 25.7 Å². The molecule has 1 unspecified atom stereocenters. The Bertz CT molecular complexity index is 190. The van der Waals surface area contributed by atoms with Crippen LogP contribution in [0.3, 0.4) is 0 Å². The first-order chi connectivity index (χ1) is 7.36. The van der Waals surface area contributed by atoms with Gasteiger partial charge in [0.05, 0.1) is 12.6 Å². The van der Waals surface area contributed by atoms with Crippen LogP contribution in [0, 0.1) is 0 Å². The van der Waals surface area contributed by atoms with Crippen LogP contribution in [-0.2, 0) is 4.74 Å². The summed E-state index contributed by atoms with van der Waals surface area (Å²) in [7, 11) is 0. The molecule has 1 aliphatic heterocycles. The van der Waals surface area contributed by atoms with Gasteiger partial charge in [0.15, 0.2) is 0 Å². The first-order valence-electron chi connectivity index (χ1n) is 5.73. The number of guanidine groups is 1. The van der Waals surface area contributed by atoms with Crippen molar-refractivity contribution < 1.29 is 4.74 Å². The van der Waals surface area contributed by atoms with Gasteiger partial charge in [-0.1, -0.05) is 6.92 Å². The number of aliphatic imine (C=N–C) groups is 1. The van der Waals surface area contributed by atoms with Crippen molar-refractivity contribution in [3.05, 3.63) is 0 Å². The number of ether oxygens (including phenoxy) is 1. The lowest BCUT2D eigenvalue weighted by Gasteiger charge is -2.21. The Morgan fingerprint density at radius 1 is 1.53 bits per heavy atom. The third kappa shape index (κ3) is 4.99. The van der Waals surface area contributed by atoms with Gasteiger partial charge in [0, 0.05) is 13.2 Å². The number of hydrogen-bond acceptors (Lipinski definition) is 3. The van der Waals surface area contributed by atoms with Crippen LogP contribution >= 0.6 is 0 Å². The Kier molecular flexibility index (Phi) is 6.11. The van der Waals surface area contributed by atoms with Crippen LogP contribution in [0.4, 0.5) is 0 Å². The standard InChI is InChI=1S/C10H22N4O/c1-2-6-12-10(14-11)13-8-9-5-3-4-7-15-9/h9H,2-8,11H2,1H3,(H2,12,13,14). The molecule has 0 aromatic rings. The van der Waals surface area contributed by atoms with Crippen LogP contribution in [0.1, 0.15) is 32.6 Å². The molecule has 1 aliphatic rings. The lowest BCUT2D eigenvalue weighted by molar-refractivity contribution is 0.0224. The zero-order valence-corrected chi connectivity index (χ0v) is 9.46. The maximum absolute atomic E-state index is 5.57. The van der Waals surface area contributed by atoms with Crippen molar-refractivity contribution in [2.75, 3.05) is 19.7 Å². The predicted octanol–water partition coefficient (Wildman–Crippen LogP) is 0.374. The molecule has 15 heavy (non-hydrogen) atoms. The van der Waals surface area contributed by atoms with Crippen LogP contribution in [0.5, 0.6) is 0 Å². The Balaban J connectivity index is 2.25. The predicted molar refractivity (Wildman–Crippen MR) is 61.5 cm³/mol. The average molecular weight is 214 g/mol. The van der Waals surface area contributed by atoms with Crippen LogP contribution < -0.4 is 16.6 Å². The monoisotopic (exact) mass is 214 g/mol. The molecule has 1 rings (SSSR count). The molecule has 4 N–H and O–H groups in total. The molecule has 1 fully saturated rings. The molecule has 0 aromatic heterocycles. The Morgan fingerprint density at radius 3 is 3.00 bits per heavy atom. The third-order valence-corrected chi connectivity index (χ3v) is 2.41. The summed E-state index contributed by atoms with van der Waals surface area (Å²) in [5, 5.41) is 3.12. The first kappa shape index (κ1) is 12.3. The SMILES string of the molecule is CCCNC(=NCC1CCCCO1)NN. The highest BCUT2D eigenvalue weighted by Crippen LogP contribution is 2.12. The van der Waals surface area contributed by atoms with Gasteiger partial charge >= 0.3 is 0 Å². The van der Waals surface area contributed by atoms with E-state index in [4.69, 9.17) is 10.6 Å². The molecule has 0 saturated carbocycles. The molecule has 0 aliphatic carbocycles. The summed E-state index contributed by atoms with van der Waals surface area (Å²) in [6.45, 7) is 4.55. The number of nitrogens with zero attached hydrogens (tertiary/aromatic N) is 1. The second-order valence-corrected chi connectivity index (χ2v) is 3.75. The van der Waals surface area contributed by atoms with Crippen molar-refractivity contribution in [3.8, 4) is 0 Å². The van der Waals surface area contributed by atoms with Crippen molar-refractivity contribution in [2.45, 2.75) is 38.7 Å². The van der Waals surface area contributed by atoms with Gasteiger partial charge in [-0.2, -0.15) is 0 Å². The molecular weight excluding hydrogens is 192 g/mol. The summed E-state index contributed by atoms with van der Waals surface area (Å²) in [6, 6.07) is 0. The number of hydrazine groups is 1. The Hall–Kier alpha value is -0.810. The normalized spacial score (nSPS) is 22.5. The molecule has 0 amide bonds. The van der Waals surface area contributed by atoms with Crippen LogP contribution in [0.2, 0.25) is 0 Å². The Morgan fingerprint density at radius 2 is 2.40 bits per heavy atom. The Labute approximate surface area is 91.4 Å². The van der Waals surface area contributed by atoms with Crippen LogP contribution in [0.15, 0.2) is 4.99 Å². The van der Waals surface area contributed by atoms with Gasteiger partial charge in [-0.25, -0.2) is 10.8 Å². The summed E-state index contributed by atoms with van der Waals surface area (Å²) < 4.78 is 5.57. The average Bonchev–Trinajstić information content (AvgIpc) is 2.31. The highest BCUT2D eigenvalue weighted by molar-refractivity contribution is 5.79. The highest BCUT2D eigenvalue weighted by atomic mass is 16.5. The molecule has 5 heteroatoms. The van der Waals surface area contributed by atoms with Gasteiger partial charge in [-0.3, -0.25) is 5.43 Å². The zero-order valence-electron chi connectivity index (χ0n) is 9.46. The second-order valence-electron chi connectivity index (χ2n) is 3.75. The van der Waals surface area contributed by atoms with Crippen molar-refractivity contribution in [1.29, 1.82) is 0 Å². The smallest absolute Gasteiger partial charge is 0.205 e.